The van der Waals surface area contributed by atoms with Crippen LogP contribution in [0.5, 0.6) is 0 Å². The summed E-state index contributed by atoms with van der Waals surface area (Å²) in [5.41, 5.74) is 8.88. The lowest BCUT2D eigenvalue weighted by Gasteiger charge is -2.10. The Morgan fingerprint density at radius 1 is 0.870 bits per heavy atom. The fourth-order valence-electron chi connectivity index (χ4n) is 2.88. The number of nitrogens with zero attached hydrogens (tertiary/aromatic N) is 1. The highest BCUT2D eigenvalue weighted by Gasteiger charge is 2.08. The molecule has 0 spiro atoms. The number of nitrogens with one attached hydrogen (secondary N) is 1. The minimum absolute atomic E-state index is 0.674. The summed E-state index contributed by atoms with van der Waals surface area (Å²) in [6, 6.07) is 12.8. The Morgan fingerprint density at radius 3 is 2.22 bits per heavy atom. The molecule has 0 atom stereocenters. The van der Waals surface area contributed by atoms with Gasteiger partial charge in [-0.3, -0.25) is 4.98 Å². The predicted octanol–water partition coefficient (Wildman–Crippen LogP) is 5.71. The quantitative estimate of drug-likeness (QED) is 0.613. The van der Waals surface area contributed by atoms with Gasteiger partial charge in [-0.15, -0.1) is 0 Å². The molecule has 23 heavy (non-hydrogen) atoms. The first kappa shape index (κ1) is 15.6. The molecular formula is C20H20N2S. The van der Waals surface area contributed by atoms with Crippen LogP contribution in [-0.2, 0) is 0 Å². The van der Waals surface area contributed by atoms with E-state index >= 15 is 0 Å². The lowest BCUT2D eigenvalue weighted by Crippen LogP contribution is -1.94. The number of aryl methyl sites for hydroxylation is 4. The first-order valence-electron chi connectivity index (χ1n) is 7.69. The van der Waals surface area contributed by atoms with Crippen molar-refractivity contribution in [3.05, 3.63) is 69.5 Å². The molecule has 0 radical (unpaired) electrons. The Kier molecular flexibility index (Phi) is 4.14. The van der Waals surface area contributed by atoms with Gasteiger partial charge in [-0.1, -0.05) is 47.1 Å². The maximum atomic E-state index is 5.57. The van der Waals surface area contributed by atoms with Crippen molar-refractivity contribution >= 4 is 12.2 Å². The Morgan fingerprint density at radius 2 is 1.57 bits per heavy atom. The Labute approximate surface area is 142 Å². The molecule has 0 aliphatic carbocycles. The first-order chi connectivity index (χ1) is 10.9. The van der Waals surface area contributed by atoms with Crippen LogP contribution < -0.4 is 0 Å². The van der Waals surface area contributed by atoms with Crippen LogP contribution in [0.25, 0.3) is 22.5 Å². The lowest BCUT2D eigenvalue weighted by molar-refractivity contribution is 1.18. The molecule has 0 unspecified atom stereocenters. The van der Waals surface area contributed by atoms with Crippen LogP contribution in [0, 0.1) is 32.3 Å². The zero-order valence-corrected chi connectivity index (χ0v) is 14.7. The molecule has 0 aliphatic rings. The van der Waals surface area contributed by atoms with E-state index in [0.717, 1.165) is 22.5 Å². The van der Waals surface area contributed by atoms with Crippen LogP contribution in [-0.4, -0.2) is 9.97 Å². The second-order valence-corrected chi connectivity index (χ2v) is 6.58. The van der Waals surface area contributed by atoms with Crippen molar-refractivity contribution in [3.8, 4) is 22.5 Å². The number of rotatable bonds is 2. The molecular weight excluding hydrogens is 300 g/mol. The Balaban J connectivity index is 2.11. The molecule has 0 saturated heterocycles. The van der Waals surface area contributed by atoms with E-state index in [1.807, 2.05) is 6.20 Å². The monoisotopic (exact) mass is 320 g/mol. The molecule has 116 valence electrons. The zero-order valence-electron chi connectivity index (χ0n) is 13.9. The molecule has 3 heteroatoms. The van der Waals surface area contributed by atoms with Gasteiger partial charge in [0.1, 0.15) is 10.3 Å². The van der Waals surface area contributed by atoms with E-state index in [1.165, 1.54) is 22.3 Å². The third kappa shape index (κ3) is 3.25. The fraction of sp³-hybridized carbons (Fsp3) is 0.200. The van der Waals surface area contributed by atoms with Crippen LogP contribution in [0.15, 0.2) is 42.6 Å². The van der Waals surface area contributed by atoms with E-state index in [2.05, 4.69) is 74.1 Å². The molecule has 2 nitrogen and oxygen atoms in total. The van der Waals surface area contributed by atoms with Gasteiger partial charge < -0.3 is 4.98 Å². The van der Waals surface area contributed by atoms with Gasteiger partial charge in [0.2, 0.25) is 0 Å². The van der Waals surface area contributed by atoms with Crippen molar-refractivity contribution in [2.45, 2.75) is 27.7 Å². The molecule has 0 bridgehead atoms. The lowest BCUT2D eigenvalue weighted by atomic mass is 10.0. The minimum atomic E-state index is 0.674. The van der Waals surface area contributed by atoms with Gasteiger partial charge in [0.05, 0.1) is 11.9 Å². The van der Waals surface area contributed by atoms with Crippen LogP contribution in [0.2, 0.25) is 0 Å². The molecule has 1 N–H and O–H groups in total. The van der Waals surface area contributed by atoms with E-state index in [-0.39, 0.29) is 0 Å². The van der Waals surface area contributed by atoms with Gasteiger partial charge >= 0.3 is 0 Å². The smallest absolute Gasteiger partial charge is 0.130 e. The standard InChI is InChI=1S/C20H20N2S/c1-12-5-6-15(4)17(10-12)18-11-21-19(20(23)22-18)16-8-13(2)7-14(3)9-16/h5-11H,1-4H3,(H,22,23). The maximum Gasteiger partial charge on any atom is 0.130 e. The average Bonchev–Trinajstić information content (AvgIpc) is 2.48. The third-order valence-corrected chi connectivity index (χ3v) is 4.26. The van der Waals surface area contributed by atoms with Crippen molar-refractivity contribution in [2.24, 2.45) is 0 Å². The van der Waals surface area contributed by atoms with E-state index in [4.69, 9.17) is 12.2 Å². The van der Waals surface area contributed by atoms with Crippen LogP contribution >= 0.6 is 12.2 Å². The van der Waals surface area contributed by atoms with E-state index < -0.39 is 0 Å². The van der Waals surface area contributed by atoms with Crippen molar-refractivity contribution < 1.29 is 0 Å². The van der Waals surface area contributed by atoms with Crippen molar-refractivity contribution in [2.75, 3.05) is 0 Å². The molecule has 2 aromatic carbocycles. The van der Waals surface area contributed by atoms with Crippen molar-refractivity contribution in [1.82, 2.24) is 9.97 Å². The summed E-state index contributed by atoms with van der Waals surface area (Å²) in [5.74, 6) is 0. The average molecular weight is 320 g/mol. The topological polar surface area (TPSA) is 28.7 Å². The van der Waals surface area contributed by atoms with Gasteiger partial charge in [0.25, 0.3) is 0 Å². The van der Waals surface area contributed by atoms with Gasteiger partial charge in [0.15, 0.2) is 0 Å². The highest BCUT2D eigenvalue weighted by molar-refractivity contribution is 7.71. The summed E-state index contributed by atoms with van der Waals surface area (Å²) < 4.78 is 0.674. The number of aromatic amines is 1. The predicted molar refractivity (Wildman–Crippen MR) is 99.2 cm³/mol. The summed E-state index contributed by atoms with van der Waals surface area (Å²) in [6.07, 6.45) is 1.88. The third-order valence-electron chi connectivity index (χ3n) is 3.96. The highest BCUT2D eigenvalue weighted by atomic mass is 32.1. The summed E-state index contributed by atoms with van der Waals surface area (Å²) >= 11 is 5.57. The number of hydrogen-bond donors (Lipinski definition) is 1. The summed E-state index contributed by atoms with van der Waals surface area (Å²) in [6.45, 7) is 8.37. The number of aromatic nitrogens is 2. The van der Waals surface area contributed by atoms with Crippen LogP contribution in [0.3, 0.4) is 0 Å². The highest BCUT2D eigenvalue weighted by Crippen LogP contribution is 2.26. The Hall–Kier alpha value is -2.26. The SMILES string of the molecule is Cc1cc(C)cc(-c2ncc(-c3cc(C)ccc3C)[nH]c2=S)c1. The molecule has 1 heterocycles. The normalized spacial score (nSPS) is 10.8. The molecule has 0 saturated carbocycles. The second-order valence-electron chi connectivity index (χ2n) is 6.17. The summed E-state index contributed by atoms with van der Waals surface area (Å²) in [5, 5.41) is 0. The second kappa shape index (κ2) is 6.09. The van der Waals surface area contributed by atoms with Gasteiger partial charge in [-0.2, -0.15) is 0 Å². The van der Waals surface area contributed by atoms with E-state index in [9.17, 15) is 0 Å². The molecule has 3 rings (SSSR count). The fourth-order valence-corrected chi connectivity index (χ4v) is 3.16. The number of hydrogen-bond acceptors (Lipinski definition) is 2. The van der Waals surface area contributed by atoms with Crippen LogP contribution in [0.4, 0.5) is 0 Å². The molecule has 0 fully saturated rings. The van der Waals surface area contributed by atoms with Gasteiger partial charge in [-0.25, -0.2) is 0 Å². The van der Waals surface area contributed by atoms with Gasteiger partial charge in [-0.05, 0) is 51.5 Å². The summed E-state index contributed by atoms with van der Waals surface area (Å²) in [4.78, 5) is 7.99. The van der Waals surface area contributed by atoms with E-state index in [0.29, 0.717) is 4.64 Å². The maximum absolute atomic E-state index is 5.57. The molecule has 0 amide bonds. The number of H-pyrrole nitrogens is 1. The summed E-state index contributed by atoms with van der Waals surface area (Å²) in [7, 11) is 0. The molecule has 3 aromatic rings. The van der Waals surface area contributed by atoms with E-state index in [1.54, 1.807) is 0 Å². The number of benzene rings is 2. The first-order valence-corrected chi connectivity index (χ1v) is 8.10. The minimum Gasteiger partial charge on any atom is -0.343 e. The van der Waals surface area contributed by atoms with Crippen molar-refractivity contribution in [3.63, 3.8) is 0 Å². The molecule has 1 aromatic heterocycles. The largest absolute Gasteiger partial charge is 0.343 e. The zero-order chi connectivity index (χ0) is 16.6. The Bertz CT molecular complexity index is 918. The van der Waals surface area contributed by atoms with Crippen molar-refractivity contribution in [1.29, 1.82) is 0 Å². The molecule has 0 aliphatic heterocycles. The van der Waals surface area contributed by atoms with Gasteiger partial charge in [0, 0.05) is 11.1 Å². The van der Waals surface area contributed by atoms with Crippen LogP contribution in [0.1, 0.15) is 22.3 Å².